The van der Waals surface area contributed by atoms with Crippen LogP contribution in [0.15, 0.2) is 24.4 Å². The standard InChI is InChI=1S/C24H31N7O/c1-15-10-17(3)26-20(11-15)24(32)30-8-5-4-6-21(30)19-12-22-27-23(16(2)13-31(22)28-19)29-9-7-18(25)14-29/h10-13,18,21H,4-9,14,25H2,1-3H3/t18-,21-/m0/s1. The molecule has 168 valence electrons. The van der Waals surface area contributed by atoms with E-state index < -0.39 is 0 Å². The molecule has 2 N–H and O–H groups in total. The molecule has 2 aliphatic rings. The molecule has 5 rings (SSSR count). The lowest BCUT2D eigenvalue weighted by atomic mass is 9.98. The van der Waals surface area contributed by atoms with E-state index in [0.717, 1.165) is 79.3 Å². The lowest BCUT2D eigenvalue weighted by molar-refractivity contribution is 0.0599. The number of piperidine rings is 1. The molecule has 2 fully saturated rings. The second kappa shape index (κ2) is 8.16. The highest BCUT2D eigenvalue weighted by Crippen LogP contribution is 2.32. The molecule has 0 aliphatic carbocycles. The van der Waals surface area contributed by atoms with Crippen molar-refractivity contribution in [3.63, 3.8) is 0 Å². The molecule has 0 spiro atoms. The summed E-state index contributed by atoms with van der Waals surface area (Å²) in [5.41, 5.74) is 11.3. The fraction of sp³-hybridized carbons (Fsp3) is 0.500. The van der Waals surface area contributed by atoms with Crippen molar-refractivity contribution in [3.8, 4) is 0 Å². The van der Waals surface area contributed by atoms with Crippen molar-refractivity contribution in [3.05, 3.63) is 52.6 Å². The van der Waals surface area contributed by atoms with E-state index in [1.54, 1.807) is 0 Å². The molecular weight excluding hydrogens is 402 g/mol. The number of hydrogen-bond donors (Lipinski definition) is 1. The van der Waals surface area contributed by atoms with Crippen LogP contribution in [-0.2, 0) is 0 Å². The molecule has 2 atom stereocenters. The number of amides is 1. The fourth-order valence-corrected chi connectivity index (χ4v) is 5.06. The van der Waals surface area contributed by atoms with Gasteiger partial charge in [0, 0.05) is 49.2 Å². The highest BCUT2D eigenvalue weighted by Gasteiger charge is 2.32. The Hall–Kier alpha value is -3.00. The largest absolute Gasteiger partial charge is 0.355 e. The summed E-state index contributed by atoms with van der Waals surface area (Å²) in [6, 6.07) is 6.04. The van der Waals surface area contributed by atoms with Gasteiger partial charge in [0.15, 0.2) is 5.65 Å². The van der Waals surface area contributed by atoms with Gasteiger partial charge in [0.25, 0.3) is 5.91 Å². The Balaban J connectivity index is 1.47. The number of pyridine rings is 1. The predicted octanol–water partition coefficient (Wildman–Crippen LogP) is 2.95. The maximum absolute atomic E-state index is 13.4. The zero-order valence-corrected chi connectivity index (χ0v) is 19.1. The quantitative estimate of drug-likeness (QED) is 0.683. The smallest absolute Gasteiger partial charge is 0.273 e. The van der Waals surface area contributed by atoms with E-state index in [9.17, 15) is 4.79 Å². The number of nitrogens with zero attached hydrogens (tertiary/aromatic N) is 6. The monoisotopic (exact) mass is 433 g/mol. The Labute approximate surface area is 188 Å². The summed E-state index contributed by atoms with van der Waals surface area (Å²) in [4.78, 5) is 27.0. The topological polar surface area (TPSA) is 92.7 Å². The van der Waals surface area contributed by atoms with E-state index in [0.29, 0.717) is 5.69 Å². The lowest BCUT2D eigenvalue weighted by Crippen LogP contribution is -2.39. The van der Waals surface area contributed by atoms with Crippen molar-refractivity contribution in [1.82, 2.24) is 24.5 Å². The van der Waals surface area contributed by atoms with Crippen LogP contribution in [0.4, 0.5) is 5.82 Å². The zero-order valence-electron chi connectivity index (χ0n) is 19.1. The number of carbonyl (C=O) groups excluding carboxylic acids is 1. The van der Waals surface area contributed by atoms with Gasteiger partial charge in [-0.2, -0.15) is 5.10 Å². The second-order valence-corrected chi connectivity index (χ2v) is 9.30. The molecule has 0 unspecified atom stereocenters. The molecule has 0 radical (unpaired) electrons. The SMILES string of the molecule is Cc1cc(C)nc(C(=O)N2CCCC[C@H]2c2cc3nc(N4CC[C@H](N)C4)c(C)cn3n2)c1. The van der Waals surface area contributed by atoms with Gasteiger partial charge < -0.3 is 15.5 Å². The van der Waals surface area contributed by atoms with Gasteiger partial charge in [0.2, 0.25) is 0 Å². The van der Waals surface area contributed by atoms with Gasteiger partial charge in [-0.25, -0.2) is 14.5 Å². The molecule has 0 saturated carbocycles. The molecule has 3 aromatic rings. The summed E-state index contributed by atoms with van der Waals surface area (Å²) in [6.07, 6.45) is 5.99. The van der Waals surface area contributed by atoms with Gasteiger partial charge in [0.1, 0.15) is 11.5 Å². The number of aromatic nitrogens is 4. The molecule has 3 aromatic heterocycles. The molecule has 2 aliphatic heterocycles. The minimum absolute atomic E-state index is 0.0190. The third kappa shape index (κ3) is 3.83. The maximum atomic E-state index is 13.4. The number of carbonyl (C=O) groups is 1. The molecule has 32 heavy (non-hydrogen) atoms. The summed E-state index contributed by atoms with van der Waals surface area (Å²) < 4.78 is 1.84. The van der Waals surface area contributed by atoms with Crippen LogP contribution in [0.3, 0.4) is 0 Å². The van der Waals surface area contributed by atoms with Crippen molar-refractivity contribution < 1.29 is 4.79 Å². The third-order valence-electron chi connectivity index (χ3n) is 6.57. The average Bonchev–Trinajstić information content (AvgIpc) is 3.37. The van der Waals surface area contributed by atoms with Gasteiger partial charge in [-0.15, -0.1) is 0 Å². The normalized spacial score (nSPS) is 21.5. The first-order chi connectivity index (χ1) is 15.4. The number of likely N-dealkylation sites (tertiary alicyclic amines) is 1. The second-order valence-electron chi connectivity index (χ2n) is 9.30. The van der Waals surface area contributed by atoms with Crippen LogP contribution >= 0.6 is 0 Å². The summed E-state index contributed by atoms with van der Waals surface area (Å²) in [7, 11) is 0. The molecule has 0 aromatic carbocycles. The van der Waals surface area contributed by atoms with Crippen molar-refractivity contribution in [2.45, 2.75) is 58.5 Å². The minimum Gasteiger partial charge on any atom is -0.355 e. The van der Waals surface area contributed by atoms with Crippen molar-refractivity contribution in [1.29, 1.82) is 0 Å². The van der Waals surface area contributed by atoms with Crippen LogP contribution in [0, 0.1) is 20.8 Å². The molecule has 2 saturated heterocycles. The number of nitrogens with two attached hydrogens (primary N) is 1. The molecule has 1 amide bonds. The van der Waals surface area contributed by atoms with E-state index in [1.165, 1.54) is 0 Å². The molecule has 8 heteroatoms. The van der Waals surface area contributed by atoms with Crippen LogP contribution in [0.1, 0.15) is 64.7 Å². The van der Waals surface area contributed by atoms with Gasteiger partial charge >= 0.3 is 0 Å². The van der Waals surface area contributed by atoms with Crippen LogP contribution in [0.25, 0.3) is 5.65 Å². The summed E-state index contributed by atoms with van der Waals surface area (Å²) in [6.45, 7) is 8.47. The first-order valence-electron chi connectivity index (χ1n) is 11.5. The first-order valence-corrected chi connectivity index (χ1v) is 11.5. The van der Waals surface area contributed by atoms with Gasteiger partial charge in [0.05, 0.1) is 11.7 Å². The number of anilines is 1. The van der Waals surface area contributed by atoms with E-state index in [2.05, 4.69) is 16.8 Å². The number of hydrogen-bond acceptors (Lipinski definition) is 6. The Morgan fingerprint density at radius 2 is 1.91 bits per heavy atom. The predicted molar refractivity (Wildman–Crippen MR) is 124 cm³/mol. The Morgan fingerprint density at radius 1 is 1.06 bits per heavy atom. The highest BCUT2D eigenvalue weighted by atomic mass is 16.2. The van der Waals surface area contributed by atoms with E-state index in [-0.39, 0.29) is 18.0 Å². The van der Waals surface area contributed by atoms with Crippen molar-refractivity contribution in [2.75, 3.05) is 24.5 Å². The van der Waals surface area contributed by atoms with E-state index in [4.69, 9.17) is 15.8 Å². The molecule has 0 bridgehead atoms. The summed E-state index contributed by atoms with van der Waals surface area (Å²) in [5.74, 6) is 0.961. The minimum atomic E-state index is -0.0652. The number of fused-ring (bicyclic) bond motifs is 1. The number of rotatable bonds is 3. The lowest BCUT2D eigenvalue weighted by Gasteiger charge is -2.34. The third-order valence-corrected chi connectivity index (χ3v) is 6.57. The molecule has 8 nitrogen and oxygen atoms in total. The van der Waals surface area contributed by atoms with E-state index in [1.807, 2.05) is 47.7 Å². The summed E-state index contributed by atoms with van der Waals surface area (Å²) in [5, 5.41) is 4.84. The molecular formula is C24H31N7O. The van der Waals surface area contributed by atoms with Gasteiger partial charge in [-0.05, 0) is 64.2 Å². The zero-order chi connectivity index (χ0) is 22.4. The van der Waals surface area contributed by atoms with Crippen LogP contribution < -0.4 is 10.6 Å². The summed E-state index contributed by atoms with van der Waals surface area (Å²) >= 11 is 0. The highest BCUT2D eigenvalue weighted by molar-refractivity contribution is 5.93. The Bertz CT molecular complexity index is 1150. The van der Waals surface area contributed by atoms with E-state index >= 15 is 0 Å². The van der Waals surface area contributed by atoms with Gasteiger partial charge in [-0.3, -0.25) is 4.79 Å². The van der Waals surface area contributed by atoms with Crippen LogP contribution in [0.5, 0.6) is 0 Å². The van der Waals surface area contributed by atoms with Crippen LogP contribution in [-0.4, -0.2) is 56.1 Å². The van der Waals surface area contributed by atoms with Crippen molar-refractivity contribution in [2.24, 2.45) is 5.73 Å². The fourth-order valence-electron chi connectivity index (χ4n) is 5.06. The maximum Gasteiger partial charge on any atom is 0.273 e. The Kier molecular flexibility index (Phi) is 5.33. The van der Waals surface area contributed by atoms with Gasteiger partial charge in [-0.1, -0.05) is 0 Å². The van der Waals surface area contributed by atoms with Crippen LogP contribution in [0.2, 0.25) is 0 Å². The molecule has 5 heterocycles. The van der Waals surface area contributed by atoms with Crippen molar-refractivity contribution >= 4 is 17.4 Å². The Morgan fingerprint density at radius 3 is 2.66 bits per heavy atom. The average molecular weight is 434 g/mol. The number of aryl methyl sites for hydroxylation is 3. The first kappa shape index (κ1) is 20.9.